The van der Waals surface area contributed by atoms with Crippen LogP contribution in [0.1, 0.15) is 37.0 Å². The Hall–Kier alpha value is -1.81. The predicted molar refractivity (Wildman–Crippen MR) is 84.7 cm³/mol. The molecule has 0 bridgehead atoms. The van der Waals surface area contributed by atoms with Crippen LogP contribution in [0.25, 0.3) is 0 Å². The van der Waals surface area contributed by atoms with Crippen LogP contribution in [0.3, 0.4) is 0 Å². The number of ether oxygens (including phenoxy) is 1. The average Bonchev–Trinajstić information content (AvgIpc) is 2.48. The highest BCUT2D eigenvalue weighted by Crippen LogP contribution is 2.15. The molecule has 2 rings (SSSR count). The summed E-state index contributed by atoms with van der Waals surface area (Å²) in [5.41, 5.74) is 2.07. The maximum absolute atomic E-state index is 12.1. The number of amides is 1. The standard InChI is InChI=1S/C17H24N2O2/c1-13(2)21-16-5-3-4-15(12-16)17(20)19-11-8-14-6-9-18-10-7-14/h3-6,12-13,18H,7-11H2,1-2H3,(H,19,20). The van der Waals surface area contributed by atoms with Crippen LogP contribution in [0, 0.1) is 0 Å². The van der Waals surface area contributed by atoms with E-state index in [9.17, 15) is 4.79 Å². The third kappa shape index (κ3) is 5.23. The first-order valence-electron chi connectivity index (χ1n) is 7.58. The monoisotopic (exact) mass is 288 g/mol. The summed E-state index contributed by atoms with van der Waals surface area (Å²) in [5.74, 6) is 0.692. The molecule has 114 valence electrons. The van der Waals surface area contributed by atoms with Gasteiger partial charge in [-0.1, -0.05) is 17.7 Å². The highest BCUT2D eigenvalue weighted by molar-refractivity contribution is 5.94. The van der Waals surface area contributed by atoms with Gasteiger partial charge in [-0.15, -0.1) is 0 Å². The van der Waals surface area contributed by atoms with Crippen LogP contribution in [0.4, 0.5) is 0 Å². The Morgan fingerprint density at radius 2 is 2.29 bits per heavy atom. The Balaban J connectivity index is 1.83. The van der Waals surface area contributed by atoms with Crippen molar-refractivity contribution in [1.82, 2.24) is 10.6 Å². The Bertz CT molecular complexity index is 509. The fourth-order valence-corrected chi connectivity index (χ4v) is 2.32. The molecule has 0 atom stereocenters. The van der Waals surface area contributed by atoms with Crippen LogP contribution in [-0.2, 0) is 0 Å². The van der Waals surface area contributed by atoms with E-state index in [-0.39, 0.29) is 12.0 Å². The Kier molecular flexibility index (Phi) is 5.81. The van der Waals surface area contributed by atoms with Crippen molar-refractivity contribution in [2.75, 3.05) is 19.6 Å². The van der Waals surface area contributed by atoms with Crippen LogP contribution in [0.5, 0.6) is 5.75 Å². The summed E-state index contributed by atoms with van der Waals surface area (Å²) in [6, 6.07) is 7.32. The summed E-state index contributed by atoms with van der Waals surface area (Å²) < 4.78 is 5.61. The molecule has 0 spiro atoms. The number of hydrogen-bond acceptors (Lipinski definition) is 3. The lowest BCUT2D eigenvalue weighted by molar-refractivity contribution is 0.0953. The van der Waals surface area contributed by atoms with Crippen LogP contribution in [-0.4, -0.2) is 31.6 Å². The Morgan fingerprint density at radius 3 is 3.00 bits per heavy atom. The lowest BCUT2D eigenvalue weighted by Gasteiger charge is -2.14. The van der Waals surface area contributed by atoms with Crippen molar-refractivity contribution in [2.24, 2.45) is 0 Å². The van der Waals surface area contributed by atoms with Crippen molar-refractivity contribution in [1.29, 1.82) is 0 Å². The van der Waals surface area contributed by atoms with Crippen LogP contribution >= 0.6 is 0 Å². The van der Waals surface area contributed by atoms with Crippen molar-refractivity contribution < 1.29 is 9.53 Å². The number of carbonyl (C=O) groups excluding carboxylic acids is 1. The van der Waals surface area contributed by atoms with E-state index >= 15 is 0 Å². The van der Waals surface area contributed by atoms with Gasteiger partial charge in [-0.3, -0.25) is 4.79 Å². The molecular formula is C17H24N2O2. The molecule has 0 radical (unpaired) electrons. The molecule has 1 amide bonds. The summed E-state index contributed by atoms with van der Waals surface area (Å²) in [6.45, 7) is 6.60. The second kappa shape index (κ2) is 7.84. The average molecular weight is 288 g/mol. The van der Waals surface area contributed by atoms with Gasteiger partial charge >= 0.3 is 0 Å². The van der Waals surface area contributed by atoms with Crippen molar-refractivity contribution in [3.05, 3.63) is 41.5 Å². The maximum Gasteiger partial charge on any atom is 0.251 e. The van der Waals surface area contributed by atoms with Gasteiger partial charge in [0.05, 0.1) is 6.10 Å². The fraction of sp³-hybridized carbons (Fsp3) is 0.471. The molecule has 1 aliphatic heterocycles. The largest absolute Gasteiger partial charge is 0.491 e. The number of rotatable bonds is 6. The summed E-state index contributed by atoms with van der Waals surface area (Å²) in [7, 11) is 0. The summed E-state index contributed by atoms with van der Waals surface area (Å²) in [6.07, 6.45) is 4.32. The van der Waals surface area contributed by atoms with E-state index in [0.29, 0.717) is 12.1 Å². The van der Waals surface area contributed by atoms with Crippen LogP contribution in [0.15, 0.2) is 35.9 Å². The maximum atomic E-state index is 12.1. The van der Waals surface area contributed by atoms with Gasteiger partial charge in [0.2, 0.25) is 0 Å². The quantitative estimate of drug-likeness (QED) is 0.791. The normalized spacial score (nSPS) is 14.7. The SMILES string of the molecule is CC(C)Oc1cccc(C(=O)NCCC2=CCNCC2)c1. The van der Waals surface area contributed by atoms with E-state index < -0.39 is 0 Å². The van der Waals surface area contributed by atoms with Gasteiger partial charge in [0, 0.05) is 18.7 Å². The topological polar surface area (TPSA) is 50.4 Å². The van der Waals surface area contributed by atoms with Crippen molar-refractivity contribution in [2.45, 2.75) is 32.8 Å². The summed E-state index contributed by atoms with van der Waals surface area (Å²) in [4.78, 5) is 12.1. The molecule has 0 unspecified atom stereocenters. The van der Waals surface area contributed by atoms with Gasteiger partial charge in [0.1, 0.15) is 5.75 Å². The minimum Gasteiger partial charge on any atom is -0.491 e. The van der Waals surface area contributed by atoms with Gasteiger partial charge < -0.3 is 15.4 Å². The number of carbonyl (C=O) groups is 1. The van der Waals surface area contributed by atoms with Gasteiger partial charge in [-0.05, 0) is 51.4 Å². The third-order valence-corrected chi connectivity index (χ3v) is 3.36. The van der Waals surface area contributed by atoms with E-state index in [1.807, 2.05) is 32.0 Å². The highest BCUT2D eigenvalue weighted by atomic mass is 16.5. The molecule has 0 saturated heterocycles. The van der Waals surface area contributed by atoms with E-state index in [1.165, 1.54) is 5.57 Å². The van der Waals surface area contributed by atoms with Crippen molar-refractivity contribution >= 4 is 5.91 Å². The van der Waals surface area contributed by atoms with Gasteiger partial charge in [0.25, 0.3) is 5.91 Å². The fourth-order valence-electron chi connectivity index (χ4n) is 2.32. The first-order valence-corrected chi connectivity index (χ1v) is 7.58. The molecule has 4 heteroatoms. The van der Waals surface area contributed by atoms with Gasteiger partial charge in [-0.2, -0.15) is 0 Å². The molecule has 1 aliphatic rings. The summed E-state index contributed by atoms with van der Waals surface area (Å²) in [5, 5.41) is 6.25. The second-order valence-corrected chi connectivity index (χ2v) is 5.52. The first-order chi connectivity index (χ1) is 10.1. The predicted octanol–water partition coefficient (Wildman–Crippen LogP) is 2.51. The minimum absolute atomic E-state index is 0.0428. The summed E-state index contributed by atoms with van der Waals surface area (Å²) >= 11 is 0. The molecule has 1 aromatic rings. The Morgan fingerprint density at radius 1 is 1.43 bits per heavy atom. The molecule has 0 aliphatic carbocycles. The second-order valence-electron chi connectivity index (χ2n) is 5.52. The molecule has 2 N–H and O–H groups in total. The number of hydrogen-bond donors (Lipinski definition) is 2. The zero-order valence-corrected chi connectivity index (χ0v) is 12.8. The van der Waals surface area contributed by atoms with E-state index in [0.717, 1.165) is 31.7 Å². The van der Waals surface area contributed by atoms with E-state index in [1.54, 1.807) is 6.07 Å². The molecule has 0 aromatic heterocycles. The molecule has 0 saturated carbocycles. The molecule has 4 nitrogen and oxygen atoms in total. The zero-order chi connectivity index (χ0) is 15.1. The smallest absolute Gasteiger partial charge is 0.251 e. The Labute approximate surface area is 126 Å². The van der Waals surface area contributed by atoms with Crippen molar-refractivity contribution in [3.8, 4) is 5.75 Å². The van der Waals surface area contributed by atoms with Gasteiger partial charge in [0.15, 0.2) is 0 Å². The zero-order valence-electron chi connectivity index (χ0n) is 12.8. The van der Waals surface area contributed by atoms with Crippen LogP contribution < -0.4 is 15.4 Å². The lowest BCUT2D eigenvalue weighted by atomic mass is 10.1. The number of benzene rings is 1. The van der Waals surface area contributed by atoms with Gasteiger partial charge in [-0.25, -0.2) is 0 Å². The van der Waals surface area contributed by atoms with Crippen molar-refractivity contribution in [3.63, 3.8) is 0 Å². The first kappa shape index (κ1) is 15.6. The third-order valence-electron chi connectivity index (χ3n) is 3.36. The molecule has 0 fully saturated rings. The van der Waals surface area contributed by atoms with Crippen LogP contribution in [0.2, 0.25) is 0 Å². The molecule has 21 heavy (non-hydrogen) atoms. The van der Waals surface area contributed by atoms with E-state index in [2.05, 4.69) is 16.7 Å². The lowest BCUT2D eigenvalue weighted by Crippen LogP contribution is -2.26. The molecule has 1 aromatic carbocycles. The van der Waals surface area contributed by atoms with E-state index in [4.69, 9.17) is 4.74 Å². The molecular weight excluding hydrogens is 264 g/mol. The highest BCUT2D eigenvalue weighted by Gasteiger charge is 2.08. The minimum atomic E-state index is -0.0428. The molecule has 1 heterocycles. The number of nitrogens with one attached hydrogen (secondary N) is 2.